The Morgan fingerprint density at radius 2 is 1.93 bits per heavy atom. The number of benzene rings is 2. The second-order valence-corrected chi connectivity index (χ2v) is 10.2. The van der Waals surface area contributed by atoms with Crippen LogP contribution in [0, 0.1) is 11.6 Å². The van der Waals surface area contributed by atoms with Crippen LogP contribution in [-0.4, -0.2) is 41.3 Å². The lowest BCUT2D eigenvalue weighted by atomic mass is 9.92. The van der Waals surface area contributed by atoms with Gasteiger partial charge in [0, 0.05) is 36.9 Å². The number of carbonyl (C=O) groups is 1. The summed E-state index contributed by atoms with van der Waals surface area (Å²) in [6.07, 6.45) is 1.58. The zero-order valence-electron chi connectivity index (χ0n) is 22.5. The van der Waals surface area contributed by atoms with Crippen molar-refractivity contribution in [3.05, 3.63) is 78.1 Å². The van der Waals surface area contributed by atoms with Crippen LogP contribution in [0.4, 0.5) is 36.6 Å². The summed E-state index contributed by atoms with van der Waals surface area (Å²) in [5, 5.41) is 12.8. The summed E-state index contributed by atoms with van der Waals surface area (Å²) in [4.78, 5) is 19.0. The normalized spacial score (nSPS) is 13.2. The molecule has 5 rings (SSSR count). The van der Waals surface area contributed by atoms with Crippen LogP contribution < -0.4 is 25.6 Å². The zero-order chi connectivity index (χ0) is 28.4. The molecule has 0 saturated carbocycles. The SMILES string of the molecule is CN1COCNc2nccc(Oc3ccc(NC(=O)Nc4cc(C(C)(C)C)nn4-c4cccc(F)c4)c(F)c3)c21. The molecule has 1 aliphatic heterocycles. The third-order valence-corrected chi connectivity index (χ3v) is 6.08. The Kier molecular flexibility index (Phi) is 7.26. The predicted octanol–water partition coefficient (Wildman–Crippen LogP) is 6.07. The Hall–Kier alpha value is -4.71. The van der Waals surface area contributed by atoms with E-state index in [0.29, 0.717) is 47.9 Å². The van der Waals surface area contributed by atoms with Crippen LogP contribution in [0.5, 0.6) is 11.5 Å². The topological polar surface area (TPSA) is 106 Å². The van der Waals surface area contributed by atoms with E-state index >= 15 is 4.39 Å². The molecule has 0 bridgehead atoms. The second kappa shape index (κ2) is 10.8. The number of halogens is 2. The zero-order valence-corrected chi connectivity index (χ0v) is 22.5. The summed E-state index contributed by atoms with van der Waals surface area (Å²) >= 11 is 0. The van der Waals surface area contributed by atoms with Crippen molar-refractivity contribution in [1.29, 1.82) is 0 Å². The number of nitrogens with zero attached hydrogens (tertiary/aromatic N) is 4. The van der Waals surface area contributed by atoms with Gasteiger partial charge in [0.25, 0.3) is 0 Å². The van der Waals surface area contributed by atoms with E-state index < -0.39 is 17.7 Å². The standard InChI is InChI=1S/C28H29F2N7O3/c1-28(2,3)23-14-24(37(35-23)18-7-5-6-17(29)12-18)34-27(38)33-21-9-8-19(13-20(21)30)40-22-10-11-31-26-25(22)36(4)16-39-15-32-26/h5-14H,15-16H2,1-4H3,(H,31,32)(H2,33,34,38). The quantitative estimate of drug-likeness (QED) is 0.277. The van der Waals surface area contributed by atoms with Gasteiger partial charge in [-0.2, -0.15) is 5.10 Å². The molecule has 0 unspecified atom stereocenters. The van der Waals surface area contributed by atoms with Gasteiger partial charge in [0.2, 0.25) is 0 Å². The third kappa shape index (κ3) is 5.81. The van der Waals surface area contributed by atoms with Gasteiger partial charge in [-0.3, -0.25) is 5.32 Å². The van der Waals surface area contributed by atoms with Crippen LogP contribution in [0.25, 0.3) is 5.69 Å². The van der Waals surface area contributed by atoms with Gasteiger partial charge in [0.05, 0.1) is 17.1 Å². The van der Waals surface area contributed by atoms with Gasteiger partial charge in [0.1, 0.15) is 42.4 Å². The predicted molar refractivity (Wildman–Crippen MR) is 148 cm³/mol. The van der Waals surface area contributed by atoms with Gasteiger partial charge in [-0.25, -0.2) is 23.2 Å². The maximum atomic E-state index is 15.0. The number of urea groups is 1. The summed E-state index contributed by atoms with van der Waals surface area (Å²) < 4.78 is 41.8. The van der Waals surface area contributed by atoms with Crippen LogP contribution >= 0.6 is 0 Å². The highest BCUT2D eigenvalue weighted by Crippen LogP contribution is 2.38. The average Bonchev–Trinajstić information content (AvgIpc) is 3.23. The number of nitrogens with one attached hydrogen (secondary N) is 3. The molecule has 12 heteroatoms. The molecule has 208 valence electrons. The van der Waals surface area contributed by atoms with E-state index in [-0.39, 0.29) is 16.9 Å². The Morgan fingerprint density at radius 3 is 2.67 bits per heavy atom. The van der Waals surface area contributed by atoms with Gasteiger partial charge < -0.3 is 25.0 Å². The molecule has 2 aromatic heterocycles. The molecule has 0 spiro atoms. The van der Waals surface area contributed by atoms with Crippen molar-refractivity contribution in [3.63, 3.8) is 0 Å². The first-order valence-electron chi connectivity index (χ1n) is 12.5. The van der Waals surface area contributed by atoms with Crippen molar-refractivity contribution in [1.82, 2.24) is 14.8 Å². The molecule has 3 heterocycles. The second-order valence-electron chi connectivity index (χ2n) is 10.2. The number of aromatic nitrogens is 3. The van der Waals surface area contributed by atoms with Crippen LogP contribution in [0.15, 0.2) is 60.8 Å². The van der Waals surface area contributed by atoms with Crippen molar-refractivity contribution in [2.24, 2.45) is 0 Å². The van der Waals surface area contributed by atoms with E-state index in [0.717, 1.165) is 0 Å². The van der Waals surface area contributed by atoms with Crippen molar-refractivity contribution < 1.29 is 23.0 Å². The summed E-state index contributed by atoms with van der Waals surface area (Å²) in [5.41, 5.74) is 1.39. The smallest absolute Gasteiger partial charge is 0.324 e. The number of ether oxygens (including phenoxy) is 2. The number of fused-ring (bicyclic) bond motifs is 1. The Balaban J connectivity index is 1.34. The summed E-state index contributed by atoms with van der Waals surface area (Å²) in [7, 11) is 1.83. The maximum Gasteiger partial charge on any atom is 0.324 e. The highest BCUT2D eigenvalue weighted by Gasteiger charge is 2.23. The first kappa shape index (κ1) is 26.9. The molecule has 0 saturated heterocycles. The minimum absolute atomic E-state index is 0.0570. The van der Waals surface area contributed by atoms with Crippen LogP contribution in [0.1, 0.15) is 26.5 Å². The molecule has 1 aliphatic rings. The van der Waals surface area contributed by atoms with Gasteiger partial charge in [-0.1, -0.05) is 26.8 Å². The Morgan fingerprint density at radius 1 is 1.10 bits per heavy atom. The fourth-order valence-electron chi connectivity index (χ4n) is 4.08. The van der Waals surface area contributed by atoms with Crippen molar-refractivity contribution in [2.45, 2.75) is 26.2 Å². The summed E-state index contributed by atoms with van der Waals surface area (Å²) in [6.45, 7) is 6.54. The molecular weight excluding hydrogens is 520 g/mol. The average molecular weight is 550 g/mol. The lowest BCUT2D eigenvalue weighted by Crippen LogP contribution is -2.22. The highest BCUT2D eigenvalue weighted by molar-refractivity contribution is 5.99. The molecule has 2 aromatic carbocycles. The Labute approximate surface area is 229 Å². The lowest BCUT2D eigenvalue weighted by Gasteiger charge is -2.20. The lowest BCUT2D eigenvalue weighted by molar-refractivity contribution is 0.159. The third-order valence-electron chi connectivity index (χ3n) is 6.08. The van der Waals surface area contributed by atoms with E-state index in [2.05, 4.69) is 26.0 Å². The van der Waals surface area contributed by atoms with Gasteiger partial charge in [0.15, 0.2) is 11.6 Å². The minimum Gasteiger partial charge on any atom is -0.455 e. The van der Waals surface area contributed by atoms with Gasteiger partial charge in [-0.15, -0.1) is 0 Å². The van der Waals surface area contributed by atoms with E-state index in [1.165, 1.54) is 28.9 Å². The van der Waals surface area contributed by atoms with E-state index in [1.807, 2.05) is 32.7 Å². The van der Waals surface area contributed by atoms with Crippen molar-refractivity contribution in [3.8, 4) is 17.2 Å². The molecule has 0 fully saturated rings. The highest BCUT2D eigenvalue weighted by atomic mass is 19.1. The fourth-order valence-corrected chi connectivity index (χ4v) is 4.08. The monoisotopic (exact) mass is 549 g/mol. The fraction of sp³-hybridized carbons (Fsp3) is 0.250. The number of anilines is 4. The molecule has 0 atom stereocenters. The number of amides is 2. The van der Waals surface area contributed by atoms with E-state index in [4.69, 9.17) is 9.47 Å². The molecular formula is C28H29F2N7O3. The number of carbonyl (C=O) groups excluding carboxylic acids is 1. The number of hydrogen-bond donors (Lipinski definition) is 3. The maximum absolute atomic E-state index is 15.0. The molecule has 40 heavy (non-hydrogen) atoms. The summed E-state index contributed by atoms with van der Waals surface area (Å²) in [6, 6.07) is 12.7. The van der Waals surface area contributed by atoms with E-state index in [9.17, 15) is 9.18 Å². The van der Waals surface area contributed by atoms with Crippen molar-refractivity contribution >= 4 is 29.0 Å². The van der Waals surface area contributed by atoms with Gasteiger partial charge >= 0.3 is 6.03 Å². The van der Waals surface area contributed by atoms with Gasteiger partial charge in [-0.05, 0) is 30.3 Å². The van der Waals surface area contributed by atoms with Crippen molar-refractivity contribution in [2.75, 3.05) is 41.4 Å². The molecule has 0 aliphatic carbocycles. The first-order chi connectivity index (χ1) is 19.1. The molecule has 3 N–H and O–H groups in total. The molecule has 10 nitrogen and oxygen atoms in total. The molecule has 4 aromatic rings. The van der Waals surface area contributed by atoms with E-state index in [1.54, 1.807) is 36.5 Å². The first-order valence-corrected chi connectivity index (χ1v) is 12.5. The summed E-state index contributed by atoms with van der Waals surface area (Å²) in [5.74, 6) is 0.437. The largest absolute Gasteiger partial charge is 0.455 e. The number of hydrogen-bond acceptors (Lipinski definition) is 7. The Bertz CT molecular complexity index is 1550. The number of rotatable bonds is 5. The number of pyridine rings is 1. The van der Waals surface area contributed by atoms with Crippen LogP contribution in [-0.2, 0) is 10.2 Å². The molecule has 2 amide bonds. The minimum atomic E-state index is -0.698. The van der Waals surface area contributed by atoms with Crippen LogP contribution in [0.3, 0.4) is 0 Å². The van der Waals surface area contributed by atoms with Crippen LogP contribution in [0.2, 0.25) is 0 Å². The molecule has 0 radical (unpaired) electrons.